The molecule has 1 saturated heterocycles. The highest BCUT2D eigenvalue weighted by molar-refractivity contribution is 5.85. The molecule has 0 aliphatic carbocycles. The van der Waals surface area contributed by atoms with Crippen LogP contribution in [0.5, 0.6) is 0 Å². The van der Waals surface area contributed by atoms with Gasteiger partial charge in [0.05, 0.1) is 0 Å². The van der Waals surface area contributed by atoms with Gasteiger partial charge < -0.3 is 10.2 Å². The zero-order valence-corrected chi connectivity index (χ0v) is 14.9. The Bertz CT molecular complexity index is 774. The van der Waals surface area contributed by atoms with Gasteiger partial charge in [0.15, 0.2) is 0 Å². The number of rotatable bonds is 3. The third-order valence-corrected chi connectivity index (χ3v) is 5.59. The van der Waals surface area contributed by atoms with Crippen LogP contribution in [0.25, 0.3) is 0 Å². The Morgan fingerprint density at radius 3 is 2.72 bits per heavy atom. The number of anilines is 1. The van der Waals surface area contributed by atoms with Crippen LogP contribution in [0.4, 0.5) is 5.69 Å². The molecule has 25 heavy (non-hydrogen) atoms. The van der Waals surface area contributed by atoms with Gasteiger partial charge in [-0.1, -0.05) is 36.4 Å². The van der Waals surface area contributed by atoms with E-state index in [0.717, 1.165) is 31.7 Å². The van der Waals surface area contributed by atoms with E-state index in [1.807, 2.05) is 0 Å². The third kappa shape index (κ3) is 2.81. The lowest BCUT2D eigenvalue weighted by atomic mass is 9.80. The van der Waals surface area contributed by atoms with Gasteiger partial charge in [-0.3, -0.25) is 9.69 Å². The molecular weight excluding hydrogens is 310 g/mol. The smallest absolute Gasteiger partial charge is 0.242 e. The molecule has 2 atom stereocenters. The monoisotopic (exact) mass is 335 g/mol. The van der Waals surface area contributed by atoms with Gasteiger partial charge in [0.2, 0.25) is 5.91 Å². The molecule has 2 aromatic rings. The second kappa shape index (κ2) is 6.52. The summed E-state index contributed by atoms with van der Waals surface area (Å²) < 4.78 is 0. The van der Waals surface area contributed by atoms with Crippen molar-refractivity contribution in [3.63, 3.8) is 0 Å². The molecule has 1 fully saturated rings. The molecular formula is C21H25N3O. The number of benzene rings is 2. The van der Waals surface area contributed by atoms with E-state index >= 15 is 0 Å². The molecule has 0 bridgehead atoms. The van der Waals surface area contributed by atoms with Gasteiger partial charge in [0, 0.05) is 44.8 Å². The molecule has 2 aliphatic heterocycles. The number of nitrogens with zero attached hydrogens (tertiary/aromatic N) is 2. The number of amides is 1. The predicted molar refractivity (Wildman–Crippen MR) is 101 cm³/mol. The Balaban J connectivity index is 1.84. The summed E-state index contributed by atoms with van der Waals surface area (Å²) in [5.41, 5.74) is 4.99. The molecule has 0 saturated carbocycles. The number of carbonyl (C=O) groups excluding carboxylic acids is 1. The van der Waals surface area contributed by atoms with Gasteiger partial charge >= 0.3 is 0 Å². The predicted octanol–water partition coefficient (Wildman–Crippen LogP) is 2.76. The zero-order chi connectivity index (χ0) is 17.4. The molecule has 4 nitrogen and oxygen atoms in total. The van der Waals surface area contributed by atoms with Gasteiger partial charge in [0.1, 0.15) is 6.04 Å². The van der Waals surface area contributed by atoms with E-state index in [2.05, 4.69) is 77.6 Å². The second-order valence-electron chi connectivity index (χ2n) is 6.98. The van der Waals surface area contributed by atoms with Gasteiger partial charge in [-0.25, -0.2) is 0 Å². The summed E-state index contributed by atoms with van der Waals surface area (Å²) >= 11 is 0. The first-order chi connectivity index (χ1) is 12.2. The molecule has 2 heterocycles. The van der Waals surface area contributed by atoms with Crippen molar-refractivity contribution < 1.29 is 4.79 Å². The van der Waals surface area contributed by atoms with Crippen LogP contribution in [0.2, 0.25) is 0 Å². The molecule has 0 aromatic heterocycles. The fraction of sp³-hybridized carbons (Fsp3) is 0.381. The molecule has 4 rings (SSSR count). The van der Waals surface area contributed by atoms with E-state index in [-0.39, 0.29) is 11.9 Å². The number of hydrogen-bond donors (Lipinski definition) is 1. The van der Waals surface area contributed by atoms with Crippen LogP contribution in [-0.4, -0.2) is 44.0 Å². The van der Waals surface area contributed by atoms with E-state index in [1.165, 1.54) is 16.8 Å². The summed E-state index contributed by atoms with van der Waals surface area (Å²) in [5.74, 6) is 0.444. The number of fused-ring (bicyclic) bond motifs is 3. The number of nitrogens with one attached hydrogen (secondary N) is 1. The first-order valence-corrected chi connectivity index (χ1v) is 9.10. The average Bonchev–Trinajstić information content (AvgIpc) is 2.67. The number of carbonyl (C=O) groups is 1. The van der Waals surface area contributed by atoms with Crippen molar-refractivity contribution >= 4 is 11.6 Å². The van der Waals surface area contributed by atoms with Crippen molar-refractivity contribution in [3.05, 3.63) is 65.2 Å². The molecule has 130 valence electrons. The summed E-state index contributed by atoms with van der Waals surface area (Å²) in [7, 11) is 2.11. The maximum atomic E-state index is 12.5. The largest absolute Gasteiger partial charge is 0.375 e. The molecule has 0 radical (unpaired) electrons. The maximum absolute atomic E-state index is 12.5. The summed E-state index contributed by atoms with van der Waals surface area (Å²) in [4.78, 5) is 17.1. The fourth-order valence-electron chi connectivity index (χ4n) is 4.09. The number of hydrogen-bond acceptors (Lipinski definition) is 3. The standard InChI is InChI=1S/C21H25N3O/c1-3-23(2)16-9-10-17-18(13-16)19(15-7-5-4-6-8-15)14-24-12-11-22-21(25)20(17)24/h4-10,13,19-20H,3,11-12,14H2,1-2H3,(H,22,25). The van der Waals surface area contributed by atoms with Gasteiger partial charge in [-0.2, -0.15) is 0 Å². The first kappa shape index (κ1) is 16.2. The summed E-state index contributed by atoms with van der Waals surface area (Å²) in [5, 5.41) is 3.03. The summed E-state index contributed by atoms with van der Waals surface area (Å²) in [6.45, 7) is 5.67. The van der Waals surface area contributed by atoms with Crippen molar-refractivity contribution in [2.75, 3.05) is 38.1 Å². The quantitative estimate of drug-likeness (QED) is 0.937. The Morgan fingerprint density at radius 1 is 1.16 bits per heavy atom. The Hall–Kier alpha value is -2.33. The number of piperazine rings is 1. The summed E-state index contributed by atoms with van der Waals surface area (Å²) in [6.07, 6.45) is 0. The van der Waals surface area contributed by atoms with E-state index in [0.29, 0.717) is 5.92 Å². The van der Waals surface area contributed by atoms with Crippen LogP contribution in [0.3, 0.4) is 0 Å². The van der Waals surface area contributed by atoms with Crippen LogP contribution in [0.15, 0.2) is 48.5 Å². The highest BCUT2D eigenvalue weighted by atomic mass is 16.2. The summed E-state index contributed by atoms with van der Waals surface area (Å²) in [6, 6.07) is 17.1. The van der Waals surface area contributed by atoms with Crippen LogP contribution < -0.4 is 10.2 Å². The minimum absolute atomic E-state index is 0.135. The van der Waals surface area contributed by atoms with E-state index in [4.69, 9.17) is 0 Å². The van der Waals surface area contributed by atoms with E-state index < -0.39 is 0 Å². The lowest BCUT2D eigenvalue weighted by Gasteiger charge is -2.43. The molecule has 0 spiro atoms. The lowest BCUT2D eigenvalue weighted by molar-refractivity contribution is -0.129. The Kier molecular flexibility index (Phi) is 4.22. The minimum Gasteiger partial charge on any atom is -0.375 e. The maximum Gasteiger partial charge on any atom is 0.242 e. The lowest BCUT2D eigenvalue weighted by Crippen LogP contribution is -2.53. The van der Waals surface area contributed by atoms with Crippen molar-refractivity contribution in [1.29, 1.82) is 0 Å². The van der Waals surface area contributed by atoms with E-state index in [1.54, 1.807) is 0 Å². The van der Waals surface area contributed by atoms with Crippen LogP contribution >= 0.6 is 0 Å². The molecule has 4 heteroatoms. The molecule has 1 amide bonds. The molecule has 2 aliphatic rings. The zero-order valence-electron chi connectivity index (χ0n) is 14.9. The molecule has 1 N–H and O–H groups in total. The molecule has 2 aromatic carbocycles. The normalized spacial score (nSPS) is 22.7. The van der Waals surface area contributed by atoms with E-state index in [9.17, 15) is 4.79 Å². The highest BCUT2D eigenvalue weighted by Crippen LogP contribution is 2.41. The average molecular weight is 335 g/mol. The highest BCUT2D eigenvalue weighted by Gasteiger charge is 2.39. The van der Waals surface area contributed by atoms with Gasteiger partial charge in [-0.05, 0) is 35.7 Å². The van der Waals surface area contributed by atoms with Crippen molar-refractivity contribution in [1.82, 2.24) is 10.2 Å². The Morgan fingerprint density at radius 2 is 1.96 bits per heavy atom. The van der Waals surface area contributed by atoms with Crippen LogP contribution in [-0.2, 0) is 4.79 Å². The first-order valence-electron chi connectivity index (χ1n) is 9.10. The van der Waals surface area contributed by atoms with Crippen molar-refractivity contribution in [2.24, 2.45) is 0 Å². The Labute approximate surface area is 149 Å². The van der Waals surface area contributed by atoms with Crippen LogP contribution in [0, 0.1) is 0 Å². The van der Waals surface area contributed by atoms with Crippen molar-refractivity contribution in [3.8, 4) is 0 Å². The van der Waals surface area contributed by atoms with Crippen molar-refractivity contribution in [2.45, 2.75) is 18.9 Å². The van der Waals surface area contributed by atoms with Gasteiger partial charge in [-0.15, -0.1) is 0 Å². The third-order valence-electron chi connectivity index (χ3n) is 5.59. The van der Waals surface area contributed by atoms with Crippen LogP contribution in [0.1, 0.15) is 35.6 Å². The fourth-order valence-corrected chi connectivity index (χ4v) is 4.09. The molecule has 2 unspecified atom stereocenters. The minimum atomic E-state index is -0.148. The second-order valence-corrected chi connectivity index (χ2v) is 6.98. The van der Waals surface area contributed by atoms with Gasteiger partial charge in [0.25, 0.3) is 0 Å². The topological polar surface area (TPSA) is 35.6 Å². The SMILES string of the molecule is CCN(C)c1ccc2c(c1)C(c1ccccc1)CN1CCNC(=O)C21.